The molecule has 2 rings (SSSR count). The molecule has 0 bridgehead atoms. The lowest BCUT2D eigenvalue weighted by atomic mass is 10.1. The molecule has 1 fully saturated rings. The molecule has 0 spiro atoms. The van der Waals surface area contributed by atoms with E-state index < -0.39 is 11.8 Å². The lowest BCUT2D eigenvalue weighted by Gasteiger charge is -2.20. The molecule has 0 aromatic heterocycles. The Morgan fingerprint density at radius 1 is 1.48 bits per heavy atom. The van der Waals surface area contributed by atoms with Gasteiger partial charge in [0.2, 0.25) is 5.91 Å². The zero-order valence-electron chi connectivity index (χ0n) is 11.7. The lowest BCUT2D eigenvalue weighted by Crippen LogP contribution is -2.37. The summed E-state index contributed by atoms with van der Waals surface area (Å²) in [6.45, 7) is 1.94. The van der Waals surface area contributed by atoms with Gasteiger partial charge in [0.1, 0.15) is 12.4 Å². The number of aliphatic carboxylic acids is 1. The van der Waals surface area contributed by atoms with Gasteiger partial charge in [-0.25, -0.2) is 4.39 Å². The van der Waals surface area contributed by atoms with Crippen LogP contribution in [-0.2, 0) is 9.59 Å². The maximum absolute atomic E-state index is 13.8. The number of carboxylic acid groups (broad SMARTS) is 1. The maximum Gasteiger partial charge on any atom is 0.323 e. The minimum atomic E-state index is -1.04. The summed E-state index contributed by atoms with van der Waals surface area (Å²) in [5, 5.41) is 9.17. The highest BCUT2D eigenvalue weighted by Gasteiger charge is 2.47. The summed E-state index contributed by atoms with van der Waals surface area (Å²) in [7, 11) is 0. The zero-order valence-corrected chi connectivity index (χ0v) is 12.4. The van der Waals surface area contributed by atoms with Gasteiger partial charge in [-0.15, -0.1) is 0 Å². The Morgan fingerprint density at radius 2 is 2.19 bits per heavy atom. The fourth-order valence-corrected chi connectivity index (χ4v) is 2.89. The van der Waals surface area contributed by atoms with Crippen molar-refractivity contribution >= 4 is 23.5 Å². The lowest BCUT2D eigenvalue weighted by molar-refractivity contribution is -0.145. The molecule has 0 radical (unpaired) electrons. The normalized spacial score (nSPS) is 20.1. The first-order valence-electron chi connectivity index (χ1n) is 6.90. The van der Waals surface area contributed by atoms with Gasteiger partial charge in [0.05, 0.1) is 0 Å². The van der Waals surface area contributed by atoms with Crippen LogP contribution in [0.15, 0.2) is 18.2 Å². The summed E-state index contributed by atoms with van der Waals surface area (Å²) in [5.41, 5.74) is 0.365. The van der Waals surface area contributed by atoms with Crippen molar-refractivity contribution in [2.45, 2.75) is 25.7 Å². The van der Waals surface area contributed by atoms with Crippen molar-refractivity contribution in [3.8, 4) is 0 Å². The molecule has 1 aliphatic carbocycles. The van der Waals surface area contributed by atoms with E-state index in [-0.39, 0.29) is 24.3 Å². The summed E-state index contributed by atoms with van der Waals surface area (Å²) in [6, 6.07) is 4.44. The number of hydrogen-bond acceptors (Lipinski definition) is 2. The summed E-state index contributed by atoms with van der Waals surface area (Å²) >= 11 is 6.00. The van der Waals surface area contributed by atoms with Crippen molar-refractivity contribution in [1.29, 1.82) is 0 Å². The predicted molar refractivity (Wildman–Crippen MR) is 76.8 cm³/mol. The average molecular weight is 314 g/mol. The molecule has 21 heavy (non-hydrogen) atoms. The predicted octanol–water partition coefficient (Wildman–Crippen LogP) is 2.91. The number of rotatable bonds is 6. The van der Waals surface area contributed by atoms with E-state index in [2.05, 4.69) is 0 Å². The van der Waals surface area contributed by atoms with Crippen LogP contribution in [0.4, 0.5) is 4.39 Å². The smallest absolute Gasteiger partial charge is 0.323 e. The molecule has 1 aliphatic rings. The third-order valence-electron chi connectivity index (χ3n) is 3.61. The minimum absolute atomic E-state index is 0.233. The fraction of sp³-hybridized carbons (Fsp3) is 0.467. The van der Waals surface area contributed by atoms with Crippen molar-refractivity contribution < 1.29 is 19.1 Å². The number of nitrogens with zero attached hydrogens (tertiary/aromatic N) is 1. The van der Waals surface area contributed by atoms with Crippen LogP contribution in [0, 0.1) is 11.7 Å². The molecule has 1 aromatic carbocycles. The Kier molecular flexibility index (Phi) is 4.83. The molecular weight excluding hydrogens is 297 g/mol. The molecule has 0 heterocycles. The largest absolute Gasteiger partial charge is 0.480 e. The van der Waals surface area contributed by atoms with Gasteiger partial charge in [-0.1, -0.05) is 24.6 Å². The molecule has 1 amide bonds. The summed E-state index contributed by atoms with van der Waals surface area (Å²) in [4.78, 5) is 24.5. The van der Waals surface area contributed by atoms with Crippen LogP contribution in [0.25, 0.3) is 0 Å². The van der Waals surface area contributed by atoms with Gasteiger partial charge >= 0.3 is 5.97 Å². The van der Waals surface area contributed by atoms with E-state index in [9.17, 15) is 14.0 Å². The Labute approximate surface area is 127 Å². The van der Waals surface area contributed by atoms with Gasteiger partial charge in [0.25, 0.3) is 0 Å². The number of benzene rings is 1. The molecule has 0 saturated heterocycles. The van der Waals surface area contributed by atoms with E-state index in [4.69, 9.17) is 16.7 Å². The SMILES string of the molecule is CCCN(CC(=O)O)C(=O)C1CC1c1c(F)cccc1Cl. The molecule has 1 saturated carbocycles. The second kappa shape index (κ2) is 6.43. The van der Waals surface area contributed by atoms with E-state index in [0.29, 0.717) is 30.0 Å². The second-order valence-corrected chi connectivity index (χ2v) is 5.64. The standard InChI is InChI=1S/C15H17ClFNO3/c1-2-6-18(8-13(19)20)15(21)10-7-9(10)14-11(16)4-3-5-12(14)17/h3-5,9-10H,2,6-8H2,1H3,(H,19,20). The summed E-state index contributed by atoms with van der Waals surface area (Å²) < 4.78 is 13.8. The monoisotopic (exact) mass is 313 g/mol. The Bertz CT molecular complexity index is 544. The van der Waals surface area contributed by atoms with Crippen LogP contribution >= 0.6 is 11.6 Å². The highest BCUT2D eigenvalue weighted by Crippen LogP contribution is 2.51. The van der Waals surface area contributed by atoms with E-state index in [1.165, 1.54) is 17.0 Å². The quantitative estimate of drug-likeness (QED) is 0.878. The zero-order chi connectivity index (χ0) is 15.6. The third kappa shape index (κ3) is 3.53. The highest BCUT2D eigenvalue weighted by molar-refractivity contribution is 6.31. The first kappa shape index (κ1) is 15.8. The van der Waals surface area contributed by atoms with Crippen LogP contribution in [0.5, 0.6) is 0 Å². The van der Waals surface area contributed by atoms with Crippen molar-refractivity contribution in [3.63, 3.8) is 0 Å². The number of halogens is 2. The molecule has 1 N–H and O–H groups in total. The molecular formula is C15H17ClFNO3. The summed E-state index contributed by atoms with van der Waals surface area (Å²) in [6.07, 6.45) is 1.19. The molecule has 2 unspecified atom stereocenters. The van der Waals surface area contributed by atoms with Crippen LogP contribution in [-0.4, -0.2) is 35.0 Å². The Hall–Kier alpha value is -1.62. The topological polar surface area (TPSA) is 57.6 Å². The van der Waals surface area contributed by atoms with E-state index in [1.807, 2.05) is 6.92 Å². The second-order valence-electron chi connectivity index (χ2n) is 5.24. The molecule has 114 valence electrons. The van der Waals surface area contributed by atoms with Crippen molar-refractivity contribution in [2.75, 3.05) is 13.1 Å². The number of hydrogen-bond donors (Lipinski definition) is 1. The van der Waals surface area contributed by atoms with Gasteiger partial charge in [-0.05, 0) is 25.0 Å². The van der Waals surface area contributed by atoms with Gasteiger partial charge in [0.15, 0.2) is 0 Å². The van der Waals surface area contributed by atoms with Crippen molar-refractivity contribution in [1.82, 2.24) is 4.90 Å². The van der Waals surface area contributed by atoms with Gasteiger partial charge in [-0.2, -0.15) is 0 Å². The van der Waals surface area contributed by atoms with Crippen LogP contribution in [0.3, 0.4) is 0 Å². The van der Waals surface area contributed by atoms with Crippen LogP contribution < -0.4 is 0 Å². The molecule has 2 atom stereocenters. The van der Waals surface area contributed by atoms with Crippen molar-refractivity contribution in [2.24, 2.45) is 5.92 Å². The van der Waals surface area contributed by atoms with Gasteiger partial charge in [-0.3, -0.25) is 9.59 Å². The van der Waals surface area contributed by atoms with Crippen LogP contribution in [0.2, 0.25) is 5.02 Å². The van der Waals surface area contributed by atoms with Crippen LogP contribution in [0.1, 0.15) is 31.2 Å². The first-order valence-corrected chi connectivity index (χ1v) is 7.28. The third-order valence-corrected chi connectivity index (χ3v) is 3.94. The molecule has 0 aliphatic heterocycles. The number of amides is 1. The summed E-state index contributed by atoms with van der Waals surface area (Å²) in [5.74, 6) is -2.31. The van der Waals surface area contributed by atoms with Gasteiger partial charge in [0, 0.05) is 29.0 Å². The Balaban J connectivity index is 2.11. The van der Waals surface area contributed by atoms with E-state index >= 15 is 0 Å². The molecule has 4 nitrogen and oxygen atoms in total. The molecule has 6 heteroatoms. The number of carbonyl (C=O) groups is 2. The Morgan fingerprint density at radius 3 is 2.76 bits per heavy atom. The number of carbonyl (C=O) groups excluding carboxylic acids is 1. The van der Waals surface area contributed by atoms with E-state index in [0.717, 1.165) is 0 Å². The number of carboxylic acids is 1. The average Bonchev–Trinajstić information content (AvgIpc) is 3.17. The highest BCUT2D eigenvalue weighted by atomic mass is 35.5. The minimum Gasteiger partial charge on any atom is -0.480 e. The molecule has 1 aromatic rings. The van der Waals surface area contributed by atoms with Crippen molar-refractivity contribution in [3.05, 3.63) is 34.6 Å². The van der Waals surface area contributed by atoms with Gasteiger partial charge < -0.3 is 10.0 Å². The maximum atomic E-state index is 13.8. The van der Waals surface area contributed by atoms with E-state index in [1.54, 1.807) is 6.07 Å². The first-order chi connectivity index (χ1) is 9.95. The fourth-order valence-electron chi connectivity index (χ4n) is 2.59.